The van der Waals surface area contributed by atoms with Gasteiger partial charge in [0.2, 0.25) is 11.9 Å². The van der Waals surface area contributed by atoms with Gasteiger partial charge in [-0.15, -0.1) is 10.2 Å². The molecule has 0 saturated carbocycles. The minimum absolute atomic E-state index is 0.0352. The molecule has 12 heteroatoms. The number of rotatable bonds is 8. The van der Waals surface area contributed by atoms with Gasteiger partial charge < -0.3 is 26.6 Å². The highest BCUT2D eigenvalue weighted by atomic mass is 35.5. The predicted molar refractivity (Wildman–Crippen MR) is 131 cm³/mol. The second-order valence-electron chi connectivity index (χ2n) is 8.59. The largest absolute Gasteiger partial charge is 0.364 e. The number of aromatic nitrogens is 3. The van der Waals surface area contributed by atoms with Gasteiger partial charge in [0, 0.05) is 36.2 Å². The molecule has 4 rings (SSSR count). The third-order valence-corrected chi connectivity index (χ3v) is 6.80. The zero-order valence-corrected chi connectivity index (χ0v) is 20.2. The number of primary amides is 1. The Hall–Kier alpha value is -2.69. The fraction of sp³-hybridized carbons (Fsp3) is 0.500. The first-order valence-electron chi connectivity index (χ1n) is 11.4. The van der Waals surface area contributed by atoms with Crippen LogP contribution in [0.1, 0.15) is 41.7 Å². The molecule has 1 atom stereocenters. The maximum atomic E-state index is 12.2. The van der Waals surface area contributed by atoms with Crippen molar-refractivity contribution in [1.29, 1.82) is 0 Å². The number of benzene rings is 1. The second-order valence-corrected chi connectivity index (χ2v) is 9.43. The van der Waals surface area contributed by atoms with E-state index in [9.17, 15) is 9.59 Å². The number of hydrogen-bond donors (Lipinski definition) is 4. The van der Waals surface area contributed by atoms with Crippen LogP contribution in [0.25, 0.3) is 0 Å². The van der Waals surface area contributed by atoms with Crippen LogP contribution in [0.3, 0.4) is 0 Å². The van der Waals surface area contributed by atoms with Gasteiger partial charge in [0.1, 0.15) is 0 Å². The molecule has 3 heterocycles. The normalized spacial score (nSPS) is 18.6. The van der Waals surface area contributed by atoms with Crippen molar-refractivity contribution in [2.45, 2.75) is 38.3 Å². The zero-order chi connectivity index (χ0) is 24.1. The number of carbonyl (C=O) groups is 2. The van der Waals surface area contributed by atoms with Gasteiger partial charge in [-0.3, -0.25) is 9.59 Å². The van der Waals surface area contributed by atoms with Crippen LogP contribution in [0.15, 0.2) is 18.2 Å². The van der Waals surface area contributed by atoms with Crippen molar-refractivity contribution in [3.05, 3.63) is 39.5 Å². The Morgan fingerprint density at radius 3 is 2.65 bits per heavy atom. The van der Waals surface area contributed by atoms with E-state index in [4.69, 9.17) is 28.9 Å². The molecule has 0 spiro atoms. The van der Waals surface area contributed by atoms with Crippen LogP contribution >= 0.6 is 23.2 Å². The first-order valence-corrected chi connectivity index (χ1v) is 12.1. The molecule has 1 aromatic heterocycles. The van der Waals surface area contributed by atoms with Gasteiger partial charge in [0.25, 0.3) is 5.91 Å². The topological polar surface area (TPSA) is 138 Å². The van der Waals surface area contributed by atoms with Crippen LogP contribution in [0.5, 0.6) is 0 Å². The number of halogens is 2. The van der Waals surface area contributed by atoms with Crippen molar-refractivity contribution in [3.8, 4) is 0 Å². The highest BCUT2D eigenvalue weighted by Crippen LogP contribution is 2.24. The number of nitrogens with two attached hydrogens (primary N) is 1. The lowest BCUT2D eigenvalue weighted by molar-refractivity contribution is -0.123. The van der Waals surface area contributed by atoms with E-state index >= 15 is 0 Å². The number of nitrogens with zero attached hydrogens (tertiary/aromatic N) is 4. The molecular weight excluding hydrogens is 479 g/mol. The number of piperidine rings is 1. The van der Waals surface area contributed by atoms with E-state index < -0.39 is 5.91 Å². The Kier molecular flexibility index (Phi) is 8.02. The van der Waals surface area contributed by atoms with Gasteiger partial charge in [0.05, 0.1) is 6.04 Å². The molecule has 10 nitrogen and oxygen atoms in total. The monoisotopic (exact) mass is 506 g/mol. The molecule has 2 aliphatic rings. The Balaban J connectivity index is 1.35. The van der Waals surface area contributed by atoms with Crippen LogP contribution in [0, 0.1) is 5.92 Å². The van der Waals surface area contributed by atoms with Gasteiger partial charge in [-0.05, 0) is 55.8 Å². The summed E-state index contributed by atoms with van der Waals surface area (Å²) in [6, 6.07) is 5.12. The van der Waals surface area contributed by atoms with Crippen LogP contribution < -0.4 is 26.6 Å². The molecule has 0 aliphatic carbocycles. The summed E-state index contributed by atoms with van der Waals surface area (Å²) in [5, 5.41) is 18.6. The predicted octanol–water partition coefficient (Wildman–Crippen LogP) is 1.97. The van der Waals surface area contributed by atoms with Crippen molar-refractivity contribution in [3.63, 3.8) is 0 Å². The molecular formula is C22H28Cl2N8O2. The van der Waals surface area contributed by atoms with Crippen molar-refractivity contribution in [2.75, 3.05) is 36.4 Å². The molecule has 0 radical (unpaired) electrons. The maximum absolute atomic E-state index is 12.2. The lowest BCUT2D eigenvalue weighted by Crippen LogP contribution is -2.44. The van der Waals surface area contributed by atoms with Crippen LogP contribution in [-0.2, 0) is 11.3 Å². The second kappa shape index (κ2) is 11.2. The zero-order valence-electron chi connectivity index (χ0n) is 18.7. The third kappa shape index (κ3) is 6.05. The number of amides is 2. The smallest absolute Gasteiger partial charge is 0.273 e. The van der Waals surface area contributed by atoms with E-state index in [0.717, 1.165) is 50.9 Å². The lowest BCUT2D eigenvalue weighted by Gasteiger charge is -2.32. The van der Waals surface area contributed by atoms with Crippen LogP contribution in [-0.4, -0.2) is 59.2 Å². The summed E-state index contributed by atoms with van der Waals surface area (Å²) in [6.07, 6.45) is 3.73. The molecule has 2 aliphatic heterocycles. The van der Waals surface area contributed by atoms with E-state index in [1.807, 2.05) is 4.90 Å². The van der Waals surface area contributed by atoms with Gasteiger partial charge >= 0.3 is 0 Å². The van der Waals surface area contributed by atoms with Crippen LogP contribution in [0.4, 0.5) is 11.8 Å². The van der Waals surface area contributed by atoms with Gasteiger partial charge in [-0.25, -0.2) is 0 Å². The van der Waals surface area contributed by atoms with Gasteiger partial charge in [0.15, 0.2) is 11.5 Å². The summed E-state index contributed by atoms with van der Waals surface area (Å²) >= 11 is 12.2. The standard InChI is InChI=1S/C22H28Cl2N8O2/c23-15-4-3-14(16(24)10-15)12-27-20-18(19(25)33)30-31-22(29-20)32-8-5-13(6-9-32)11-28-21(34)17-2-1-7-26-17/h3-4,10,13,17,26H,1-2,5-9,11-12H2,(H2,25,33)(H,28,34)(H,27,29,31). The molecule has 2 amide bonds. The van der Waals surface area contributed by atoms with E-state index in [2.05, 4.69) is 31.1 Å². The Bertz CT molecular complexity index is 1040. The summed E-state index contributed by atoms with van der Waals surface area (Å²) in [5.74, 6) is 0.437. The fourth-order valence-corrected chi connectivity index (χ4v) is 4.67. The van der Waals surface area contributed by atoms with Crippen molar-refractivity contribution >= 4 is 46.8 Å². The van der Waals surface area contributed by atoms with E-state index in [1.54, 1.807) is 18.2 Å². The van der Waals surface area contributed by atoms with Crippen molar-refractivity contribution in [1.82, 2.24) is 25.8 Å². The van der Waals surface area contributed by atoms with Gasteiger partial charge in [-0.1, -0.05) is 29.3 Å². The van der Waals surface area contributed by atoms with Gasteiger partial charge in [-0.2, -0.15) is 4.98 Å². The quantitative estimate of drug-likeness (QED) is 0.426. The molecule has 2 saturated heterocycles. The number of hydrogen-bond acceptors (Lipinski definition) is 8. The maximum Gasteiger partial charge on any atom is 0.273 e. The van der Waals surface area contributed by atoms with Crippen molar-refractivity contribution < 1.29 is 9.59 Å². The minimum Gasteiger partial charge on any atom is -0.364 e. The molecule has 1 aromatic carbocycles. The third-order valence-electron chi connectivity index (χ3n) is 6.21. The average molecular weight is 507 g/mol. The number of nitrogens with one attached hydrogen (secondary N) is 3. The summed E-state index contributed by atoms with van der Waals surface area (Å²) in [7, 11) is 0. The summed E-state index contributed by atoms with van der Waals surface area (Å²) < 4.78 is 0. The summed E-state index contributed by atoms with van der Waals surface area (Å²) in [5.41, 5.74) is 6.22. The molecule has 34 heavy (non-hydrogen) atoms. The Labute approximate surface area is 208 Å². The van der Waals surface area contributed by atoms with Crippen molar-refractivity contribution in [2.24, 2.45) is 11.7 Å². The highest BCUT2D eigenvalue weighted by Gasteiger charge is 2.26. The lowest BCUT2D eigenvalue weighted by atomic mass is 9.97. The SMILES string of the molecule is NC(=O)c1nnc(N2CCC(CNC(=O)C3CCCN3)CC2)nc1NCc1ccc(Cl)cc1Cl. The summed E-state index contributed by atoms with van der Waals surface area (Å²) in [4.78, 5) is 30.6. The molecule has 5 N–H and O–H groups in total. The molecule has 0 bridgehead atoms. The molecule has 1 unspecified atom stereocenters. The highest BCUT2D eigenvalue weighted by molar-refractivity contribution is 6.35. The average Bonchev–Trinajstić information content (AvgIpc) is 3.37. The van der Waals surface area contributed by atoms with E-state index in [1.165, 1.54) is 0 Å². The first kappa shape index (κ1) is 24.4. The molecule has 2 aromatic rings. The Morgan fingerprint density at radius 2 is 1.97 bits per heavy atom. The fourth-order valence-electron chi connectivity index (χ4n) is 4.20. The van der Waals surface area contributed by atoms with E-state index in [0.29, 0.717) is 35.0 Å². The number of carbonyl (C=O) groups excluding carboxylic acids is 2. The minimum atomic E-state index is -0.720. The molecule has 2 fully saturated rings. The first-order chi connectivity index (χ1) is 16.4. The molecule has 182 valence electrons. The number of anilines is 2. The van der Waals surface area contributed by atoms with Crippen LogP contribution in [0.2, 0.25) is 10.0 Å². The summed E-state index contributed by atoms with van der Waals surface area (Å²) in [6.45, 7) is 3.33. The Morgan fingerprint density at radius 1 is 1.18 bits per heavy atom. The van der Waals surface area contributed by atoms with E-state index in [-0.39, 0.29) is 23.5 Å².